The molecule has 1 saturated carbocycles. The third-order valence-corrected chi connectivity index (χ3v) is 5.23. The van der Waals surface area contributed by atoms with Crippen LogP contribution in [0.1, 0.15) is 31.7 Å². The highest BCUT2D eigenvalue weighted by atomic mass is 32.2. The Morgan fingerprint density at radius 2 is 2.16 bits per heavy atom. The van der Waals surface area contributed by atoms with E-state index in [1.807, 2.05) is 13.0 Å². The van der Waals surface area contributed by atoms with E-state index in [9.17, 15) is 8.42 Å². The SMILES string of the molecule is CC(NS(=O)(=O)c1ccc(N)cc1C#N)C1CCC1. The molecule has 1 fully saturated rings. The van der Waals surface area contributed by atoms with Crippen molar-refractivity contribution < 1.29 is 8.42 Å². The predicted octanol–water partition coefficient (Wildman–Crippen LogP) is 1.61. The van der Waals surface area contributed by atoms with Gasteiger partial charge in [0, 0.05) is 11.7 Å². The Labute approximate surface area is 113 Å². The maximum atomic E-state index is 12.3. The van der Waals surface area contributed by atoms with Crippen LogP contribution in [-0.2, 0) is 10.0 Å². The van der Waals surface area contributed by atoms with E-state index in [0.717, 1.165) is 19.3 Å². The van der Waals surface area contributed by atoms with Gasteiger partial charge in [-0.05, 0) is 43.9 Å². The van der Waals surface area contributed by atoms with Gasteiger partial charge in [-0.25, -0.2) is 13.1 Å². The van der Waals surface area contributed by atoms with Crippen LogP contribution in [0.3, 0.4) is 0 Å². The average Bonchev–Trinajstić information content (AvgIpc) is 2.24. The first-order valence-electron chi connectivity index (χ1n) is 6.26. The van der Waals surface area contributed by atoms with Crippen LogP contribution in [0, 0.1) is 17.2 Å². The van der Waals surface area contributed by atoms with Crippen LogP contribution in [0.5, 0.6) is 0 Å². The predicted molar refractivity (Wildman–Crippen MR) is 72.7 cm³/mol. The first-order chi connectivity index (χ1) is 8.94. The molecule has 0 bridgehead atoms. The van der Waals surface area contributed by atoms with E-state index in [1.165, 1.54) is 18.2 Å². The van der Waals surface area contributed by atoms with E-state index in [-0.39, 0.29) is 16.5 Å². The number of sulfonamides is 1. The highest BCUT2D eigenvalue weighted by Crippen LogP contribution is 2.30. The zero-order valence-corrected chi connectivity index (χ0v) is 11.6. The quantitative estimate of drug-likeness (QED) is 0.818. The van der Waals surface area contributed by atoms with Crippen molar-refractivity contribution in [1.82, 2.24) is 4.72 Å². The van der Waals surface area contributed by atoms with Crippen molar-refractivity contribution in [2.45, 2.75) is 37.1 Å². The molecule has 1 unspecified atom stereocenters. The van der Waals surface area contributed by atoms with Gasteiger partial charge < -0.3 is 5.73 Å². The van der Waals surface area contributed by atoms with Crippen molar-refractivity contribution in [2.75, 3.05) is 5.73 Å². The van der Waals surface area contributed by atoms with Crippen molar-refractivity contribution in [3.63, 3.8) is 0 Å². The summed E-state index contributed by atoms with van der Waals surface area (Å²) in [5.74, 6) is 0.397. The molecule has 0 heterocycles. The molecule has 0 amide bonds. The van der Waals surface area contributed by atoms with Crippen molar-refractivity contribution in [3.8, 4) is 6.07 Å². The molecule has 0 radical (unpaired) electrons. The van der Waals surface area contributed by atoms with Crippen LogP contribution in [-0.4, -0.2) is 14.5 Å². The van der Waals surface area contributed by atoms with Crippen LogP contribution < -0.4 is 10.5 Å². The molecule has 1 aromatic rings. The smallest absolute Gasteiger partial charge is 0.242 e. The fourth-order valence-electron chi connectivity index (χ4n) is 2.21. The summed E-state index contributed by atoms with van der Waals surface area (Å²) in [7, 11) is -3.67. The molecule has 1 aliphatic carbocycles. The molecule has 1 aliphatic rings. The lowest BCUT2D eigenvalue weighted by atomic mass is 9.81. The number of nitrogens with one attached hydrogen (secondary N) is 1. The summed E-state index contributed by atoms with van der Waals surface area (Å²) in [4.78, 5) is -0.00428. The van der Waals surface area contributed by atoms with E-state index in [2.05, 4.69) is 4.72 Å². The molecule has 0 saturated heterocycles. The molecule has 5 nitrogen and oxygen atoms in total. The van der Waals surface area contributed by atoms with Gasteiger partial charge in [0.15, 0.2) is 0 Å². The summed E-state index contributed by atoms with van der Waals surface area (Å²) < 4.78 is 27.2. The molecule has 1 aromatic carbocycles. The number of rotatable bonds is 4. The molecule has 0 aliphatic heterocycles. The van der Waals surface area contributed by atoms with Gasteiger partial charge in [-0.2, -0.15) is 5.26 Å². The number of anilines is 1. The van der Waals surface area contributed by atoms with E-state index < -0.39 is 10.0 Å². The van der Waals surface area contributed by atoms with E-state index in [4.69, 9.17) is 11.0 Å². The van der Waals surface area contributed by atoms with E-state index >= 15 is 0 Å². The average molecular weight is 279 g/mol. The Morgan fingerprint density at radius 1 is 1.47 bits per heavy atom. The second-order valence-electron chi connectivity index (χ2n) is 4.97. The van der Waals surface area contributed by atoms with Crippen LogP contribution in [0.4, 0.5) is 5.69 Å². The van der Waals surface area contributed by atoms with E-state index in [0.29, 0.717) is 11.6 Å². The van der Waals surface area contributed by atoms with Gasteiger partial charge in [0.25, 0.3) is 0 Å². The Bertz CT molecular complexity index is 615. The largest absolute Gasteiger partial charge is 0.399 e. The first kappa shape index (κ1) is 13.8. The Morgan fingerprint density at radius 3 is 2.68 bits per heavy atom. The topological polar surface area (TPSA) is 96.0 Å². The minimum atomic E-state index is -3.67. The van der Waals surface area contributed by atoms with Crippen LogP contribution in [0.15, 0.2) is 23.1 Å². The molecule has 0 spiro atoms. The number of nitriles is 1. The maximum absolute atomic E-state index is 12.3. The van der Waals surface area contributed by atoms with Gasteiger partial charge in [-0.3, -0.25) is 0 Å². The lowest BCUT2D eigenvalue weighted by molar-refractivity contribution is 0.260. The summed E-state index contributed by atoms with van der Waals surface area (Å²) >= 11 is 0. The number of nitrogen functional groups attached to an aromatic ring is 1. The van der Waals surface area contributed by atoms with Gasteiger partial charge in [-0.1, -0.05) is 6.42 Å². The second kappa shape index (κ2) is 5.19. The van der Waals surface area contributed by atoms with Crippen LogP contribution >= 0.6 is 0 Å². The van der Waals surface area contributed by atoms with Crippen molar-refractivity contribution >= 4 is 15.7 Å². The summed E-state index contributed by atoms with van der Waals surface area (Å²) in [5, 5.41) is 9.01. The maximum Gasteiger partial charge on any atom is 0.242 e. The minimum Gasteiger partial charge on any atom is -0.399 e. The molecule has 102 valence electrons. The molecule has 6 heteroatoms. The molecule has 0 aromatic heterocycles. The summed E-state index contributed by atoms with van der Waals surface area (Å²) in [6.07, 6.45) is 3.26. The van der Waals surface area contributed by atoms with Crippen LogP contribution in [0.25, 0.3) is 0 Å². The number of nitrogens with zero attached hydrogens (tertiary/aromatic N) is 1. The number of hydrogen-bond donors (Lipinski definition) is 2. The lowest BCUT2D eigenvalue weighted by Gasteiger charge is -2.31. The fourth-order valence-corrected chi connectivity index (χ4v) is 3.66. The van der Waals surface area contributed by atoms with Gasteiger partial charge in [0.2, 0.25) is 10.0 Å². The third kappa shape index (κ3) is 2.88. The lowest BCUT2D eigenvalue weighted by Crippen LogP contribution is -2.40. The second-order valence-corrected chi connectivity index (χ2v) is 6.65. The summed E-state index contributed by atoms with van der Waals surface area (Å²) in [6, 6.07) is 6.01. The minimum absolute atomic E-state index is 0.00428. The van der Waals surface area contributed by atoms with Gasteiger partial charge in [0.1, 0.15) is 6.07 Å². The van der Waals surface area contributed by atoms with Crippen LogP contribution in [0.2, 0.25) is 0 Å². The highest BCUT2D eigenvalue weighted by Gasteiger charge is 2.28. The first-order valence-corrected chi connectivity index (χ1v) is 7.74. The van der Waals surface area contributed by atoms with Gasteiger partial charge in [-0.15, -0.1) is 0 Å². The van der Waals surface area contributed by atoms with Gasteiger partial charge in [0.05, 0.1) is 10.5 Å². The Balaban J connectivity index is 2.26. The van der Waals surface area contributed by atoms with Crippen molar-refractivity contribution in [2.24, 2.45) is 5.92 Å². The summed E-state index contributed by atoms with van der Waals surface area (Å²) in [5.41, 5.74) is 6.01. The molecular weight excluding hydrogens is 262 g/mol. The molecular formula is C13H17N3O2S. The molecule has 19 heavy (non-hydrogen) atoms. The Hall–Kier alpha value is -1.58. The van der Waals surface area contributed by atoms with Crippen molar-refractivity contribution in [1.29, 1.82) is 5.26 Å². The number of hydrogen-bond acceptors (Lipinski definition) is 4. The molecule has 3 N–H and O–H groups in total. The Kier molecular flexibility index (Phi) is 3.78. The van der Waals surface area contributed by atoms with E-state index in [1.54, 1.807) is 0 Å². The zero-order chi connectivity index (χ0) is 14.0. The summed E-state index contributed by atoms with van der Waals surface area (Å²) in [6.45, 7) is 1.87. The molecule has 2 rings (SSSR count). The molecule has 1 atom stereocenters. The standard InChI is InChI=1S/C13H17N3O2S/c1-9(10-3-2-4-10)16-19(17,18)13-6-5-12(15)7-11(13)8-14/h5-7,9-10,16H,2-4,15H2,1H3. The number of benzene rings is 1. The van der Waals surface area contributed by atoms with Gasteiger partial charge >= 0.3 is 0 Å². The highest BCUT2D eigenvalue weighted by molar-refractivity contribution is 7.89. The number of nitrogens with two attached hydrogens (primary N) is 1. The normalized spacial score (nSPS) is 17.5. The zero-order valence-electron chi connectivity index (χ0n) is 10.8. The van der Waals surface area contributed by atoms with Crippen molar-refractivity contribution in [3.05, 3.63) is 23.8 Å². The monoisotopic (exact) mass is 279 g/mol. The third-order valence-electron chi connectivity index (χ3n) is 3.61. The fraction of sp³-hybridized carbons (Fsp3) is 0.462.